The fourth-order valence-electron chi connectivity index (χ4n) is 5.88. The molecule has 3 unspecified atom stereocenters. The van der Waals surface area contributed by atoms with Gasteiger partial charge >= 0.3 is 0 Å². The summed E-state index contributed by atoms with van der Waals surface area (Å²) in [5, 5.41) is 13.8. The van der Waals surface area contributed by atoms with Gasteiger partial charge in [-0.1, -0.05) is 13.8 Å². The van der Waals surface area contributed by atoms with E-state index in [-0.39, 0.29) is 11.5 Å². The lowest BCUT2D eigenvalue weighted by atomic mass is 9.41. The van der Waals surface area contributed by atoms with Gasteiger partial charge < -0.3 is 10.4 Å². The van der Waals surface area contributed by atoms with Gasteiger partial charge in [0.1, 0.15) is 0 Å². The van der Waals surface area contributed by atoms with Crippen LogP contribution in [-0.2, 0) is 0 Å². The Hall–Kier alpha value is -0.0800. The van der Waals surface area contributed by atoms with Crippen molar-refractivity contribution in [3.05, 3.63) is 0 Å². The van der Waals surface area contributed by atoms with Crippen LogP contribution < -0.4 is 5.32 Å². The highest BCUT2D eigenvalue weighted by atomic mass is 16.3. The molecule has 0 radical (unpaired) electrons. The Morgan fingerprint density at radius 1 is 1.11 bits per heavy atom. The molecule has 0 aromatic heterocycles. The van der Waals surface area contributed by atoms with Crippen LogP contribution in [0.15, 0.2) is 0 Å². The molecule has 0 saturated heterocycles. The normalized spacial score (nSPS) is 47.8. The number of nitrogens with one attached hydrogen (secondary N) is 1. The van der Waals surface area contributed by atoms with Gasteiger partial charge in [0.25, 0.3) is 0 Å². The van der Waals surface area contributed by atoms with Gasteiger partial charge in [0.15, 0.2) is 0 Å². The maximum atomic E-state index is 10.6. The van der Waals surface area contributed by atoms with Gasteiger partial charge in [0, 0.05) is 6.54 Å². The Morgan fingerprint density at radius 2 is 1.67 bits per heavy atom. The number of likely N-dealkylation sites (N-methyl/N-ethyl adjacent to an activating group) is 1. The highest BCUT2D eigenvalue weighted by Crippen LogP contribution is 2.68. The molecular formula is C16H29NO. The van der Waals surface area contributed by atoms with Crippen LogP contribution >= 0.6 is 0 Å². The first-order valence-electron chi connectivity index (χ1n) is 7.82. The molecule has 104 valence electrons. The van der Waals surface area contributed by atoms with E-state index in [9.17, 15) is 5.11 Å². The van der Waals surface area contributed by atoms with E-state index >= 15 is 0 Å². The minimum Gasteiger partial charge on any atom is -0.391 e. The summed E-state index contributed by atoms with van der Waals surface area (Å²) in [6.07, 6.45) is 8.06. The molecule has 0 aliphatic heterocycles. The molecule has 2 heteroatoms. The third-order valence-corrected chi connectivity index (χ3v) is 6.48. The van der Waals surface area contributed by atoms with Crippen LogP contribution in [0, 0.1) is 28.6 Å². The first kappa shape index (κ1) is 12.9. The standard InChI is InChI=1S/C16H29NO/c1-11(2)15-5-12-4-13(6-15)8-16(7-12,10-15)14(18)9-17-3/h11-14,17-18H,4-10H2,1-3H3. The van der Waals surface area contributed by atoms with Gasteiger partial charge in [0.05, 0.1) is 6.10 Å². The Labute approximate surface area is 112 Å². The molecule has 0 heterocycles. The number of aliphatic hydroxyl groups excluding tert-OH is 1. The molecule has 0 amide bonds. The Balaban J connectivity index is 1.89. The van der Waals surface area contributed by atoms with E-state index in [4.69, 9.17) is 0 Å². The number of hydrogen-bond acceptors (Lipinski definition) is 2. The van der Waals surface area contributed by atoms with Crippen molar-refractivity contribution in [1.29, 1.82) is 0 Å². The molecule has 4 fully saturated rings. The van der Waals surface area contributed by atoms with Crippen LogP contribution in [0.1, 0.15) is 52.4 Å². The van der Waals surface area contributed by atoms with Gasteiger partial charge in [-0.15, -0.1) is 0 Å². The molecule has 18 heavy (non-hydrogen) atoms. The summed E-state index contributed by atoms with van der Waals surface area (Å²) in [6, 6.07) is 0. The van der Waals surface area contributed by atoms with Crippen molar-refractivity contribution in [2.75, 3.05) is 13.6 Å². The highest BCUT2D eigenvalue weighted by Gasteiger charge is 2.60. The average Bonchev–Trinajstić information content (AvgIpc) is 2.27. The van der Waals surface area contributed by atoms with Gasteiger partial charge in [-0.25, -0.2) is 0 Å². The van der Waals surface area contributed by atoms with E-state index in [0.29, 0.717) is 5.41 Å². The van der Waals surface area contributed by atoms with Gasteiger partial charge in [-0.05, 0) is 74.2 Å². The molecule has 4 aliphatic rings. The molecule has 4 saturated carbocycles. The van der Waals surface area contributed by atoms with E-state index in [1.165, 1.54) is 38.5 Å². The minimum atomic E-state index is -0.133. The maximum Gasteiger partial charge on any atom is 0.0720 e. The third-order valence-electron chi connectivity index (χ3n) is 6.48. The van der Waals surface area contributed by atoms with Crippen molar-refractivity contribution in [3.63, 3.8) is 0 Å². The quantitative estimate of drug-likeness (QED) is 0.805. The lowest BCUT2D eigenvalue weighted by molar-refractivity contribution is -0.171. The fraction of sp³-hybridized carbons (Fsp3) is 1.00. The van der Waals surface area contributed by atoms with Crippen LogP contribution in [0.2, 0.25) is 0 Å². The first-order valence-corrected chi connectivity index (χ1v) is 7.82. The molecule has 0 aromatic rings. The molecule has 4 rings (SSSR count). The van der Waals surface area contributed by atoms with E-state index in [0.717, 1.165) is 24.3 Å². The van der Waals surface area contributed by atoms with E-state index in [2.05, 4.69) is 19.2 Å². The highest BCUT2D eigenvalue weighted by molar-refractivity contribution is 5.10. The predicted octanol–water partition coefficient (Wildman–Crippen LogP) is 2.81. The molecule has 0 spiro atoms. The summed E-state index contributed by atoms with van der Waals surface area (Å²) in [6.45, 7) is 5.59. The van der Waals surface area contributed by atoms with Crippen LogP contribution in [0.5, 0.6) is 0 Å². The SMILES string of the molecule is CNCC(O)C12CC3CC(CC(C(C)C)(C3)C1)C2. The summed E-state index contributed by atoms with van der Waals surface area (Å²) in [5.41, 5.74) is 0.802. The second-order valence-electron chi connectivity index (χ2n) is 7.91. The molecule has 3 atom stereocenters. The molecule has 4 aliphatic carbocycles. The van der Waals surface area contributed by atoms with Crippen molar-refractivity contribution in [2.45, 2.75) is 58.5 Å². The average molecular weight is 251 g/mol. The van der Waals surface area contributed by atoms with Crippen molar-refractivity contribution >= 4 is 0 Å². The van der Waals surface area contributed by atoms with Crippen molar-refractivity contribution in [3.8, 4) is 0 Å². The van der Waals surface area contributed by atoms with Gasteiger partial charge in [0.2, 0.25) is 0 Å². The van der Waals surface area contributed by atoms with Crippen molar-refractivity contribution < 1.29 is 5.11 Å². The zero-order chi connectivity index (χ0) is 13.0. The molecular weight excluding hydrogens is 222 g/mol. The summed E-state index contributed by atoms with van der Waals surface area (Å²) in [7, 11) is 1.96. The zero-order valence-electron chi connectivity index (χ0n) is 12.2. The third kappa shape index (κ3) is 1.76. The van der Waals surface area contributed by atoms with E-state index in [1.807, 2.05) is 7.05 Å². The Bertz CT molecular complexity index is 311. The van der Waals surface area contributed by atoms with Gasteiger partial charge in [-0.3, -0.25) is 0 Å². The molecule has 2 nitrogen and oxygen atoms in total. The Morgan fingerprint density at radius 3 is 2.17 bits per heavy atom. The van der Waals surface area contributed by atoms with Crippen molar-refractivity contribution in [2.24, 2.45) is 28.6 Å². The molecule has 4 bridgehead atoms. The summed E-state index contributed by atoms with van der Waals surface area (Å²) in [5.74, 6) is 2.59. The summed E-state index contributed by atoms with van der Waals surface area (Å²) >= 11 is 0. The summed E-state index contributed by atoms with van der Waals surface area (Å²) < 4.78 is 0. The van der Waals surface area contributed by atoms with Crippen molar-refractivity contribution in [1.82, 2.24) is 5.32 Å². The first-order chi connectivity index (χ1) is 8.50. The van der Waals surface area contributed by atoms with Crippen LogP contribution in [-0.4, -0.2) is 24.8 Å². The monoisotopic (exact) mass is 251 g/mol. The lowest BCUT2D eigenvalue weighted by Gasteiger charge is -2.65. The van der Waals surface area contributed by atoms with Crippen LogP contribution in [0.25, 0.3) is 0 Å². The second-order valence-corrected chi connectivity index (χ2v) is 7.91. The molecule has 2 N–H and O–H groups in total. The Kier molecular flexibility index (Phi) is 3.02. The largest absolute Gasteiger partial charge is 0.391 e. The zero-order valence-corrected chi connectivity index (χ0v) is 12.2. The van der Waals surface area contributed by atoms with Gasteiger partial charge in [-0.2, -0.15) is 0 Å². The number of rotatable bonds is 4. The minimum absolute atomic E-state index is 0.133. The maximum absolute atomic E-state index is 10.6. The van der Waals surface area contributed by atoms with Crippen LogP contribution in [0.4, 0.5) is 0 Å². The second kappa shape index (κ2) is 4.21. The van der Waals surface area contributed by atoms with Crippen LogP contribution in [0.3, 0.4) is 0 Å². The van der Waals surface area contributed by atoms with E-state index in [1.54, 1.807) is 0 Å². The number of aliphatic hydroxyl groups is 1. The fourth-order valence-corrected chi connectivity index (χ4v) is 5.88. The predicted molar refractivity (Wildman–Crippen MR) is 74.3 cm³/mol. The summed E-state index contributed by atoms with van der Waals surface area (Å²) in [4.78, 5) is 0. The molecule has 0 aromatic carbocycles. The number of hydrogen-bond donors (Lipinski definition) is 2. The topological polar surface area (TPSA) is 32.3 Å². The lowest BCUT2D eigenvalue weighted by Crippen LogP contribution is -2.59. The smallest absolute Gasteiger partial charge is 0.0720 e. The van der Waals surface area contributed by atoms with E-state index < -0.39 is 0 Å².